The van der Waals surface area contributed by atoms with Crippen LogP contribution in [0.15, 0.2) is 0 Å². The molecule has 11 nitrogen and oxygen atoms in total. The Hall–Kier alpha value is -0.700. The predicted octanol–water partition coefficient (Wildman–Crippen LogP) is -2.36. The highest BCUT2D eigenvalue weighted by atomic mass is 35.5. The first-order valence-electron chi connectivity index (χ1n) is 10.6. The van der Waals surface area contributed by atoms with Gasteiger partial charge in [0.25, 0.3) is 0 Å². The fourth-order valence-electron chi connectivity index (χ4n) is 4.58. The van der Waals surface area contributed by atoms with Crippen LogP contribution in [-0.4, -0.2) is 130 Å². The number of aliphatic hydroxyl groups is 3. The normalized spacial score (nSPS) is 40.2. The summed E-state index contributed by atoms with van der Waals surface area (Å²) in [6.45, 7) is 3.31. The zero-order valence-corrected chi connectivity index (χ0v) is 19.5. The molecule has 3 saturated heterocycles. The Morgan fingerprint density at radius 2 is 2.00 bits per heavy atom. The highest BCUT2D eigenvalue weighted by Gasteiger charge is 2.49. The van der Waals surface area contributed by atoms with E-state index in [-0.39, 0.29) is 12.5 Å². The second-order valence-electron chi connectivity index (χ2n) is 8.50. The largest absolute Gasteiger partial charge is 0.480 e. The number of carboxylic acids is 1. The van der Waals surface area contributed by atoms with Crippen LogP contribution in [0.3, 0.4) is 0 Å². The summed E-state index contributed by atoms with van der Waals surface area (Å²) in [5.74, 6) is -1.36. The van der Waals surface area contributed by atoms with Gasteiger partial charge in [-0.15, -0.1) is 23.4 Å². The van der Waals surface area contributed by atoms with Crippen molar-refractivity contribution in [1.29, 1.82) is 0 Å². The molecule has 3 fully saturated rings. The van der Waals surface area contributed by atoms with Crippen LogP contribution in [-0.2, 0) is 19.1 Å². The molecule has 6 N–H and O–H groups in total. The van der Waals surface area contributed by atoms with E-state index in [1.807, 2.05) is 0 Å². The molecule has 3 rings (SSSR count). The van der Waals surface area contributed by atoms with Gasteiger partial charge in [0.15, 0.2) is 0 Å². The van der Waals surface area contributed by atoms with Crippen molar-refractivity contribution in [2.45, 2.75) is 60.3 Å². The monoisotopic (exact) mass is 497 g/mol. The summed E-state index contributed by atoms with van der Waals surface area (Å²) in [4.78, 5) is 26.0. The lowest BCUT2D eigenvalue weighted by Gasteiger charge is -2.44. The molecule has 10 atom stereocenters. The van der Waals surface area contributed by atoms with Gasteiger partial charge >= 0.3 is 5.97 Å². The summed E-state index contributed by atoms with van der Waals surface area (Å²) in [6, 6.07) is -1.53. The van der Waals surface area contributed by atoms with E-state index >= 15 is 0 Å². The van der Waals surface area contributed by atoms with E-state index in [9.17, 15) is 24.9 Å². The van der Waals surface area contributed by atoms with Crippen molar-refractivity contribution >= 4 is 35.2 Å². The Labute approximate surface area is 195 Å². The van der Waals surface area contributed by atoms with Gasteiger partial charge in [0, 0.05) is 25.6 Å². The second kappa shape index (κ2) is 11.2. The van der Waals surface area contributed by atoms with E-state index in [4.69, 9.17) is 26.2 Å². The summed E-state index contributed by atoms with van der Waals surface area (Å²) in [7, 11) is 0. The molecule has 3 aliphatic heterocycles. The lowest BCUT2D eigenvalue weighted by atomic mass is 9.92. The number of thioether (sulfide) groups is 1. The number of nitrogens with zero attached hydrogens (tertiary/aromatic N) is 1. The zero-order valence-electron chi connectivity index (χ0n) is 18.0. The standard InChI is InChI=1S/C19H32ClN3O8S/c1-8(20)11(17-14(27)13(26)15(28)19(31-17)32-2)22-18(29)12-16-9(5-21-12)6-23(3-4-30-16)7-10(24)25/h8-9,11-17,19,21,26-28H,3-7H2,1-2H3,(H,22,29)(H,24,25)/t8-,9+,11+,12-,13+,14?,15+,16+,17+,19?/m0/s1. The van der Waals surface area contributed by atoms with E-state index in [2.05, 4.69) is 10.6 Å². The maximum absolute atomic E-state index is 13.2. The Bertz CT molecular complexity index is 674. The fraction of sp³-hybridized carbons (Fsp3) is 0.895. The fourth-order valence-corrected chi connectivity index (χ4v) is 5.46. The van der Waals surface area contributed by atoms with Crippen molar-refractivity contribution in [3.63, 3.8) is 0 Å². The average molecular weight is 498 g/mol. The number of carboxylic acid groups (broad SMARTS) is 1. The van der Waals surface area contributed by atoms with Crippen LogP contribution in [0.1, 0.15) is 6.92 Å². The van der Waals surface area contributed by atoms with Gasteiger partial charge in [-0.3, -0.25) is 14.5 Å². The number of aliphatic carboxylic acids is 1. The van der Waals surface area contributed by atoms with E-state index < -0.39 is 65.3 Å². The molecule has 0 saturated carbocycles. The van der Waals surface area contributed by atoms with Gasteiger partial charge in [-0.2, -0.15) is 0 Å². The topological polar surface area (TPSA) is 161 Å². The molecule has 0 spiro atoms. The smallest absolute Gasteiger partial charge is 0.317 e. The van der Waals surface area contributed by atoms with Crippen molar-refractivity contribution in [2.75, 3.05) is 39.0 Å². The molecule has 1 amide bonds. The number of nitrogens with one attached hydrogen (secondary N) is 2. The number of aliphatic hydroxyl groups excluding tert-OH is 3. The molecule has 3 aliphatic rings. The number of carbonyl (C=O) groups excluding carboxylic acids is 1. The third-order valence-electron chi connectivity index (χ3n) is 6.24. The van der Waals surface area contributed by atoms with Crippen LogP contribution in [0.5, 0.6) is 0 Å². The number of fused-ring (bicyclic) bond motifs is 1. The number of carbonyl (C=O) groups is 2. The molecule has 0 aliphatic carbocycles. The Morgan fingerprint density at radius 1 is 1.28 bits per heavy atom. The first-order valence-corrected chi connectivity index (χ1v) is 12.3. The SMILES string of the molecule is CSC1O[C@H]([C@H](NC(=O)[C@H]2NC[C@@H]3CN(CC(=O)O)CCO[C@H]32)[C@H](C)Cl)C(O)[C@@H](O)[C@H]1O. The van der Waals surface area contributed by atoms with Gasteiger partial charge < -0.3 is 40.5 Å². The number of hydrogen-bond donors (Lipinski definition) is 6. The first-order chi connectivity index (χ1) is 15.1. The van der Waals surface area contributed by atoms with Crippen molar-refractivity contribution in [3.05, 3.63) is 0 Å². The van der Waals surface area contributed by atoms with E-state index in [0.29, 0.717) is 26.2 Å². The maximum Gasteiger partial charge on any atom is 0.317 e. The number of halogens is 1. The van der Waals surface area contributed by atoms with E-state index in [1.54, 1.807) is 18.1 Å². The van der Waals surface area contributed by atoms with Crippen molar-refractivity contribution in [2.24, 2.45) is 5.92 Å². The molecule has 2 unspecified atom stereocenters. The van der Waals surface area contributed by atoms with Crippen LogP contribution in [0.2, 0.25) is 0 Å². The molecule has 0 radical (unpaired) electrons. The van der Waals surface area contributed by atoms with Crippen molar-refractivity contribution in [1.82, 2.24) is 15.5 Å². The molecule has 0 aromatic carbocycles. The van der Waals surface area contributed by atoms with Gasteiger partial charge in [-0.05, 0) is 13.2 Å². The Kier molecular flexibility index (Phi) is 9.03. The lowest BCUT2D eigenvalue weighted by molar-refractivity contribution is -0.205. The molecule has 32 heavy (non-hydrogen) atoms. The van der Waals surface area contributed by atoms with Crippen LogP contribution in [0, 0.1) is 5.92 Å². The zero-order chi connectivity index (χ0) is 23.6. The summed E-state index contributed by atoms with van der Waals surface area (Å²) in [5.41, 5.74) is -0.785. The molecule has 184 valence electrons. The summed E-state index contributed by atoms with van der Waals surface area (Å²) in [5, 5.41) is 45.2. The second-order valence-corrected chi connectivity index (χ2v) is 10.1. The Balaban J connectivity index is 1.68. The van der Waals surface area contributed by atoms with Crippen LogP contribution >= 0.6 is 23.4 Å². The van der Waals surface area contributed by atoms with Gasteiger partial charge in [0.05, 0.1) is 30.7 Å². The number of amides is 1. The number of alkyl halides is 1. The molecular formula is C19H32ClN3O8S. The predicted molar refractivity (Wildman–Crippen MR) is 117 cm³/mol. The number of rotatable bonds is 7. The van der Waals surface area contributed by atoms with Crippen LogP contribution in [0.4, 0.5) is 0 Å². The highest BCUT2D eigenvalue weighted by molar-refractivity contribution is 7.99. The van der Waals surface area contributed by atoms with Crippen molar-refractivity contribution in [3.8, 4) is 0 Å². The molecule has 3 heterocycles. The molecule has 13 heteroatoms. The maximum atomic E-state index is 13.2. The quantitative estimate of drug-likeness (QED) is 0.209. The summed E-state index contributed by atoms with van der Waals surface area (Å²) >= 11 is 7.51. The number of ether oxygens (including phenoxy) is 2. The van der Waals surface area contributed by atoms with Crippen molar-refractivity contribution < 1.29 is 39.5 Å². The number of hydrogen-bond acceptors (Lipinski definition) is 10. The third-order valence-corrected chi connectivity index (χ3v) is 7.37. The molecule has 0 bridgehead atoms. The Morgan fingerprint density at radius 3 is 2.62 bits per heavy atom. The molecule has 0 aromatic heterocycles. The lowest BCUT2D eigenvalue weighted by Crippen LogP contribution is -2.65. The average Bonchev–Trinajstić information content (AvgIpc) is 3.02. The van der Waals surface area contributed by atoms with Crippen LogP contribution < -0.4 is 10.6 Å². The van der Waals surface area contributed by atoms with Gasteiger partial charge in [0.1, 0.15) is 35.9 Å². The van der Waals surface area contributed by atoms with Crippen LogP contribution in [0.25, 0.3) is 0 Å². The van der Waals surface area contributed by atoms with E-state index in [0.717, 1.165) is 0 Å². The minimum absolute atomic E-state index is 0.0613. The van der Waals surface area contributed by atoms with E-state index in [1.165, 1.54) is 11.8 Å². The van der Waals surface area contributed by atoms with Gasteiger partial charge in [-0.1, -0.05) is 0 Å². The first kappa shape index (κ1) is 25.9. The minimum Gasteiger partial charge on any atom is -0.480 e. The third kappa shape index (κ3) is 5.68. The summed E-state index contributed by atoms with van der Waals surface area (Å²) in [6.07, 6.45) is -3.93. The summed E-state index contributed by atoms with van der Waals surface area (Å²) < 4.78 is 11.7. The minimum atomic E-state index is -1.44. The highest BCUT2D eigenvalue weighted by Crippen LogP contribution is 2.30. The molecule has 0 aromatic rings. The van der Waals surface area contributed by atoms with Gasteiger partial charge in [0.2, 0.25) is 5.91 Å². The van der Waals surface area contributed by atoms with Gasteiger partial charge in [-0.25, -0.2) is 0 Å². The molecular weight excluding hydrogens is 466 g/mol.